The Hall–Kier alpha value is -2.04. The quantitative estimate of drug-likeness (QED) is 0.705. The Balaban J connectivity index is 2.83. The smallest absolute Gasteiger partial charge is 0.307 e. The zero-order valence-electron chi connectivity index (χ0n) is 17.9. The van der Waals surface area contributed by atoms with Crippen LogP contribution >= 0.6 is 0 Å². The topological polar surface area (TPSA) is 75.6 Å². The molecule has 0 fully saturated rings. The molecule has 0 aliphatic rings. The highest BCUT2D eigenvalue weighted by atomic mass is 16.5. The van der Waals surface area contributed by atoms with E-state index in [1.807, 2.05) is 12.1 Å². The fourth-order valence-corrected chi connectivity index (χ4v) is 2.87. The summed E-state index contributed by atoms with van der Waals surface area (Å²) in [5.74, 6) is -0.0550. The van der Waals surface area contributed by atoms with Crippen molar-refractivity contribution in [2.75, 3.05) is 13.2 Å². The molecule has 1 rings (SSSR count). The minimum Gasteiger partial charge on any atom is -0.507 e. The number of esters is 1. The number of nitrogens with one attached hydrogen (secondary N) is 1. The van der Waals surface area contributed by atoms with Crippen LogP contribution in [-0.4, -0.2) is 30.1 Å². The fraction of sp³-hybridized carbons (Fsp3) is 0.636. The number of carbonyl (C=O) groups is 2. The zero-order chi connectivity index (χ0) is 20.8. The zero-order valence-corrected chi connectivity index (χ0v) is 17.9. The SMILES string of the molecule is CCOC(=O)CCNC(=O)CCc1cc(C(C)(C)C)c(O)c(C(C)(C)C)c1. The summed E-state index contributed by atoms with van der Waals surface area (Å²) in [4.78, 5) is 23.4. The van der Waals surface area contributed by atoms with Gasteiger partial charge in [0.2, 0.25) is 5.91 Å². The Morgan fingerprint density at radius 1 is 1.00 bits per heavy atom. The van der Waals surface area contributed by atoms with Crippen molar-refractivity contribution in [2.24, 2.45) is 0 Å². The maximum Gasteiger partial charge on any atom is 0.307 e. The van der Waals surface area contributed by atoms with Gasteiger partial charge >= 0.3 is 5.97 Å². The number of aromatic hydroxyl groups is 1. The van der Waals surface area contributed by atoms with E-state index in [1.165, 1.54) is 0 Å². The van der Waals surface area contributed by atoms with Crippen LogP contribution in [0.15, 0.2) is 12.1 Å². The highest BCUT2D eigenvalue weighted by Gasteiger charge is 2.26. The van der Waals surface area contributed by atoms with Crippen LogP contribution < -0.4 is 5.32 Å². The monoisotopic (exact) mass is 377 g/mol. The second kappa shape index (κ2) is 9.25. The molecule has 0 radical (unpaired) electrons. The molecule has 0 spiro atoms. The second-order valence-electron chi connectivity index (χ2n) is 8.94. The van der Waals surface area contributed by atoms with Crippen molar-refractivity contribution >= 4 is 11.9 Å². The number of ether oxygens (including phenoxy) is 1. The molecule has 27 heavy (non-hydrogen) atoms. The van der Waals surface area contributed by atoms with Gasteiger partial charge in [-0.05, 0) is 40.9 Å². The van der Waals surface area contributed by atoms with Crippen molar-refractivity contribution < 1.29 is 19.4 Å². The molecule has 0 saturated carbocycles. The van der Waals surface area contributed by atoms with Crippen LogP contribution in [0.2, 0.25) is 0 Å². The van der Waals surface area contributed by atoms with Crippen LogP contribution in [0.1, 0.15) is 78.0 Å². The lowest BCUT2D eigenvalue weighted by Crippen LogP contribution is -2.26. The maximum atomic E-state index is 12.1. The fourth-order valence-electron chi connectivity index (χ4n) is 2.87. The lowest BCUT2D eigenvalue weighted by Gasteiger charge is -2.28. The minimum atomic E-state index is -0.305. The lowest BCUT2D eigenvalue weighted by atomic mass is 9.78. The number of aryl methyl sites for hydroxylation is 1. The molecule has 1 aromatic carbocycles. The molecule has 0 aliphatic heterocycles. The number of phenolic OH excluding ortho intramolecular Hbond substituents is 1. The van der Waals surface area contributed by atoms with Gasteiger partial charge in [0, 0.05) is 13.0 Å². The van der Waals surface area contributed by atoms with E-state index in [2.05, 4.69) is 46.9 Å². The van der Waals surface area contributed by atoms with Gasteiger partial charge in [0.05, 0.1) is 13.0 Å². The molecule has 5 heteroatoms. The van der Waals surface area contributed by atoms with E-state index in [0.29, 0.717) is 25.2 Å². The first-order chi connectivity index (χ1) is 12.4. The summed E-state index contributed by atoms with van der Waals surface area (Å²) in [7, 11) is 0. The van der Waals surface area contributed by atoms with Gasteiger partial charge in [-0.3, -0.25) is 9.59 Å². The van der Waals surface area contributed by atoms with Crippen LogP contribution in [0.25, 0.3) is 0 Å². The van der Waals surface area contributed by atoms with Gasteiger partial charge < -0.3 is 15.2 Å². The molecular formula is C22H35NO4. The largest absolute Gasteiger partial charge is 0.507 e. The number of amides is 1. The van der Waals surface area contributed by atoms with E-state index in [4.69, 9.17) is 4.74 Å². The molecule has 5 nitrogen and oxygen atoms in total. The molecule has 0 atom stereocenters. The van der Waals surface area contributed by atoms with Gasteiger partial charge in [0.1, 0.15) is 5.75 Å². The number of rotatable bonds is 7. The summed E-state index contributed by atoms with van der Waals surface area (Å²) < 4.78 is 4.84. The summed E-state index contributed by atoms with van der Waals surface area (Å²) in [6.45, 7) is 14.8. The van der Waals surface area contributed by atoms with E-state index in [-0.39, 0.29) is 35.7 Å². The summed E-state index contributed by atoms with van der Waals surface area (Å²) >= 11 is 0. The second-order valence-corrected chi connectivity index (χ2v) is 8.94. The highest BCUT2D eigenvalue weighted by molar-refractivity contribution is 5.77. The first kappa shape index (κ1) is 23.0. The Morgan fingerprint density at radius 2 is 1.52 bits per heavy atom. The van der Waals surface area contributed by atoms with Crippen LogP contribution in [0.5, 0.6) is 5.75 Å². The lowest BCUT2D eigenvalue weighted by molar-refractivity contribution is -0.143. The summed E-state index contributed by atoms with van der Waals surface area (Å²) in [5.41, 5.74) is 2.44. The van der Waals surface area contributed by atoms with Gasteiger partial charge in [-0.1, -0.05) is 53.7 Å². The Labute approximate surface area is 163 Å². The number of hydrogen-bond acceptors (Lipinski definition) is 4. The molecule has 0 saturated heterocycles. The van der Waals surface area contributed by atoms with Crippen molar-refractivity contribution in [3.8, 4) is 5.75 Å². The van der Waals surface area contributed by atoms with Crippen molar-refractivity contribution in [2.45, 2.75) is 78.6 Å². The molecule has 152 valence electrons. The molecule has 0 unspecified atom stereocenters. The Kier molecular flexibility index (Phi) is 7.88. The molecule has 1 aromatic rings. The first-order valence-corrected chi connectivity index (χ1v) is 9.65. The van der Waals surface area contributed by atoms with Gasteiger partial charge in [0.15, 0.2) is 0 Å². The third-order valence-electron chi connectivity index (χ3n) is 4.38. The molecule has 0 bridgehead atoms. The average Bonchev–Trinajstić information content (AvgIpc) is 2.51. The third-order valence-corrected chi connectivity index (χ3v) is 4.38. The van der Waals surface area contributed by atoms with E-state index in [1.54, 1.807) is 6.92 Å². The summed E-state index contributed by atoms with van der Waals surface area (Å²) in [6, 6.07) is 3.99. The van der Waals surface area contributed by atoms with Gasteiger partial charge in [-0.2, -0.15) is 0 Å². The molecular weight excluding hydrogens is 342 g/mol. The predicted molar refractivity (Wildman–Crippen MR) is 108 cm³/mol. The third kappa shape index (κ3) is 7.24. The predicted octanol–water partition coefficient (Wildman–Crippen LogP) is 3.99. The maximum absolute atomic E-state index is 12.1. The van der Waals surface area contributed by atoms with Crippen LogP contribution in [0, 0.1) is 0 Å². The van der Waals surface area contributed by atoms with Crippen LogP contribution in [0.3, 0.4) is 0 Å². The molecule has 0 heterocycles. The number of carbonyl (C=O) groups excluding carboxylic acids is 2. The van der Waals surface area contributed by atoms with Crippen LogP contribution in [-0.2, 0) is 31.6 Å². The molecule has 2 N–H and O–H groups in total. The highest BCUT2D eigenvalue weighted by Crippen LogP contribution is 2.39. The average molecular weight is 378 g/mol. The molecule has 0 aliphatic carbocycles. The van der Waals surface area contributed by atoms with Gasteiger partial charge in [0.25, 0.3) is 0 Å². The van der Waals surface area contributed by atoms with Gasteiger partial charge in [-0.15, -0.1) is 0 Å². The van der Waals surface area contributed by atoms with Crippen LogP contribution in [0.4, 0.5) is 0 Å². The molecule has 0 aromatic heterocycles. The van der Waals surface area contributed by atoms with Crippen molar-refractivity contribution in [3.63, 3.8) is 0 Å². The summed E-state index contributed by atoms with van der Waals surface area (Å²) in [6.07, 6.45) is 1.10. The number of phenols is 1. The van der Waals surface area contributed by atoms with Gasteiger partial charge in [-0.25, -0.2) is 0 Å². The Bertz CT molecular complexity index is 631. The first-order valence-electron chi connectivity index (χ1n) is 9.65. The summed E-state index contributed by atoms with van der Waals surface area (Å²) in [5, 5.41) is 13.5. The minimum absolute atomic E-state index is 0.0954. The standard InChI is InChI=1S/C22H35NO4/c1-8-27-19(25)11-12-23-18(24)10-9-15-13-16(21(2,3)4)20(26)17(14-15)22(5,6)7/h13-14,26H,8-12H2,1-7H3,(H,23,24). The van der Waals surface area contributed by atoms with Crippen molar-refractivity contribution in [3.05, 3.63) is 28.8 Å². The van der Waals surface area contributed by atoms with Crippen molar-refractivity contribution in [1.29, 1.82) is 0 Å². The van der Waals surface area contributed by atoms with E-state index >= 15 is 0 Å². The van der Waals surface area contributed by atoms with E-state index in [0.717, 1.165) is 16.7 Å². The van der Waals surface area contributed by atoms with Crippen molar-refractivity contribution in [1.82, 2.24) is 5.32 Å². The van der Waals surface area contributed by atoms with E-state index in [9.17, 15) is 14.7 Å². The number of hydrogen-bond donors (Lipinski definition) is 2. The normalized spacial score (nSPS) is 12.0. The number of benzene rings is 1. The van der Waals surface area contributed by atoms with E-state index < -0.39 is 0 Å². The Morgan fingerprint density at radius 3 is 1.96 bits per heavy atom. The molecule has 1 amide bonds.